The maximum absolute atomic E-state index is 9.10. The van der Waals surface area contributed by atoms with Gasteiger partial charge in [-0.05, 0) is 0 Å². The molecule has 0 aliphatic rings. The van der Waals surface area contributed by atoms with Crippen LogP contribution in [0.25, 0.3) is 0 Å². The van der Waals surface area contributed by atoms with Crippen LogP contribution < -0.4 is 0 Å². The standard InChI is InChI=1S/C2H2O4.2C2H4O2.Ca.2H/c3-1(4)2(5)6;2*1-2(3)4;;;/h(H,3,4)(H,5,6);2*1H3,(H,3,4);;;. The first-order valence-corrected chi connectivity index (χ1v) is 2.96. The molecule has 0 aromatic rings. The van der Waals surface area contributed by atoms with Gasteiger partial charge < -0.3 is 20.4 Å². The van der Waals surface area contributed by atoms with E-state index < -0.39 is 23.9 Å². The molecule has 0 unspecified atom stereocenters. The van der Waals surface area contributed by atoms with Crippen LogP contribution in [0.2, 0.25) is 0 Å². The predicted molar refractivity (Wildman–Crippen MR) is 50.4 cm³/mol. The minimum atomic E-state index is -1.82. The molecule has 0 saturated heterocycles. The number of hydrogen-bond acceptors (Lipinski definition) is 4. The Labute approximate surface area is 115 Å². The van der Waals surface area contributed by atoms with Crippen molar-refractivity contribution in [2.45, 2.75) is 13.8 Å². The molecular formula is C6H12CaO8. The van der Waals surface area contributed by atoms with Crippen LogP contribution in [0.15, 0.2) is 0 Å². The molecule has 0 atom stereocenters. The average Bonchev–Trinajstić information content (AvgIpc) is 1.83. The molecule has 0 aromatic carbocycles. The molecule has 0 heterocycles. The van der Waals surface area contributed by atoms with Crippen molar-refractivity contribution in [1.29, 1.82) is 0 Å². The van der Waals surface area contributed by atoms with Gasteiger partial charge in [0.2, 0.25) is 0 Å². The number of carboxylic acids is 4. The molecule has 15 heavy (non-hydrogen) atoms. The van der Waals surface area contributed by atoms with Gasteiger partial charge in [-0.1, -0.05) is 0 Å². The Hall–Kier alpha value is -0.860. The van der Waals surface area contributed by atoms with E-state index in [0.29, 0.717) is 0 Å². The van der Waals surface area contributed by atoms with Crippen molar-refractivity contribution in [1.82, 2.24) is 0 Å². The quantitative estimate of drug-likeness (QED) is 0.298. The van der Waals surface area contributed by atoms with Crippen molar-refractivity contribution < 1.29 is 39.6 Å². The van der Waals surface area contributed by atoms with Crippen LogP contribution in [0.3, 0.4) is 0 Å². The van der Waals surface area contributed by atoms with Gasteiger partial charge in [-0.2, -0.15) is 0 Å². The van der Waals surface area contributed by atoms with Gasteiger partial charge >= 0.3 is 49.7 Å². The van der Waals surface area contributed by atoms with E-state index in [4.69, 9.17) is 39.6 Å². The van der Waals surface area contributed by atoms with Crippen LogP contribution in [0, 0.1) is 0 Å². The van der Waals surface area contributed by atoms with Crippen molar-refractivity contribution in [3.8, 4) is 0 Å². The third kappa shape index (κ3) is 165. The second kappa shape index (κ2) is 15.6. The molecule has 4 N–H and O–H groups in total. The zero-order chi connectivity index (χ0) is 12.3. The molecule has 0 bridgehead atoms. The van der Waals surface area contributed by atoms with Crippen molar-refractivity contribution in [2.24, 2.45) is 0 Å². The van der Waals surface area contributed by atoms with Gasteiger partial charge in [0.1, 0.15) is 0 Å². The second-order valence-electron chi connectivity index (χ2n) is 1.65. The first kappa shape index (κ1) is 23.7. The van der Waals surface area contributed by atoms with E-state index in [1.165, 1.54) is 0 Å². The SMILES string of the molecule is CC(=O)O.CC(=O)O.O=C(O)C(=O)O.[CaH2]. The van der Waals surface area contributed by atoms with Gasteiger partial charge in [-0.15, -0.1) is 0 Å². The van der Waals surface area contributed by atoms with Crippen molar-refractivity contribution in [3.63, 3.8) is 0 Å². The molecule has 0 fully saturated rings. The van der Waals surface area contributed by atoms with Crippen molar-refractivity contribution in [2.75, 3.05) is 0 Å². The Morgan fingerprint density at radius 3 is 0.733 bits per heavy atom. The van der Waals surface area contributed by atoms with Crippen LogP contribution in [-0.4, -0.2) is 82.0 Å². The fourth-order valence-corrected chi connectivity index (χ4v) is 0. The van der Waals surface area contributed by atoms with Crippen molar-refractivity contribution in [3.05, 3.63) is 0 Å². The Bertz CT molecular complexity index is 191. The fourth-order valence-electron chi connectivity index (χ4n) is 0. The van der Waals surface area contributed by atoms with Gasteiger partial charge in [0.25, 0.3) is 11.9 Å². The summed E-state index contributed by atoms with van der Waals surface area (Å²) in [6.45, 7) is 2.17. The molecule has 8 nitrogen and oxygen atoms in total. The summed E-state index contributed by atoms with van der Waals surface area (Å²) < 4.78 is 0. The first-order valence-electron chi connectivity index (χ1n) is 2.96. The zero-order valence-electron chi connectivity index (χ0n) is 7.42. The van der Waals surface area contributed by atoms with Gasteiger partial charge in [0, 0.05) is 13.8 Å². The molecule has 0 amide bonds. The Morgan fingerprint density at radius 2 is 0.733 bits per heavy atom. The summed E-state index contributed by atoms with van der Waals surface area (Å²) in [5.41, 5.74) is 0. The minimum absolute atomic E-state index is 0. The molecule has 0 aromatic heterocycles. The summed E-state index contributed by atoms with van der Waals surface area (Å²) in [5, 5.41) is 29.6. The third-order valence-electron chi connectivity index (χ3n) is 0.183. The van der Waals surface area contributed by atoms with Gasteiger partial charge in [-0.25, -0.2) is 9.59 Å². The first-order chi connectivity index (χ1) is 6.11. The summed E-state index contributed by atoms with van der Waals surface area (Å²) in [5.74, 6) is -5.31. The van der Waals surface area contributed by atoms with E-state index >= 15 is 0 Å². The Balaban J connectivity index is -0.0000000606. The van der Waals surface area contributed by atoms with E-state index in [1.54, 1.807) is 0 Å². The zero-order valence-corrected chi connectivity index (χ0v) is 7.42. The van der Waals surface area contributed by atoms with Gasteiger partial charge in [0.05, 0.1) is 0 Å². The van der Waals surface area contributed by atoms with Crippen LogP contribution in [0.4, 0.5) is 0 Å². The number of rotatable bonds is 0. The molecule has 0 aliphatic carbocycles. The number of hydrogen-bond donors (Lipinski definition) is 4. The summed E-state index contributed by atoms with van der Waals surface area (Å²) in [7, 11) is 0. The molecule has 9 heteroatoms. The summed E-state index contributed by atoms with van der Waals surface area (Å²) >= 11 is 0. The van der Waals surface area contributed by atoms with E-state index in [-0.39, 0.29) is 37.7 Å². The normalized spacial score (nSPS) is 6.27. The predicted octanol–water partition coefficient (Wildman–Crippen LogP) is -1.58. The monoisotopic (exact) mass is 252 g/mol. The summed E-state index contributed by atoms with van der Waals surface area (Å²) in [6, 6.07) is 0. The van der Waals surface area contributed by atoms with Gasteiger partial charge in [0.15, 0.2) is 0 Å². The fraction of sp³-hybridized carbons (Fsp3) is 0.333. The van der Waals surface area contributed by atoms with E-state index in [0.717, 1.165) is 13.8 Å². The topological polar surface area (TPSA) is 149 Å². The van der Waals surface area contributed by atoms with Gasteiger partial charge in [-0.3, -0.25) is 9.59 Å². The van der Waals surface area contributed by atoms with Crippen LogP contribution >= 0.6 is 0 Å². The molecular weight excluding hydrogens is 240 g/mol. The van der Waals surface area contributed by atoms with E-state index in [2.05, 4.69) is 0 Å². The summed E-state index contributed by atoms with van der Waals surface area (Å²) in [6.07, 6.45) is 0. The molecule has 0 aliphatic heterocycles. The van der Waals surface area contributed by atoms with Crippen LogP contribution in [0.5, 0.6) is 0 Å². The van der Waals surface area contributed by atoms with Crippen molar-refractivity contribution >= 4 is 61.6 Å². The molecule has 0 saturated carbocycles. The maximum atomic E-state index is 9.10. The number of carboxylic acid groups (broad SMARTS) is 4. The van der Waals surface area contributed by atoms with Crippen LogP contribution in [-0.2, 0) is 19.2 Å². The van der Waals surface area contributed by atoms with E-state index in [9.17, 15) is 0 Å². The Morgan fingerprint density at radius 1 is 0.667 bits per heavy atom. The summed E-state index contributed by atoms with van der Waals surface area (Å²) in [4.78, 5) is 36.2. The number of aliphatic carboxylic acids is 4. The molecule has 0 spiro atoms. The average molecular weight is 252 g/mol. The molecule has 86 valence electrons. The molecule has 0 radical (unpaired) electrons. The molecule has 0 rings (SSSR count). The van der Waals surface area contributed by atoms with Crippen LogP contribution in [0.1, 0.15) is 13.8 Å². The third-order valence-corrected chi connectivity index (χ3v) is 0.183. The Kier molecular flexibility index (Phi) is 24.7. The second-order valence-corrected chi connectivity index (χ2v) is 1.65. The number of carbonyl (C=O) groups is 4. The van der Waals surface area contributed by atoms with E-state index in [1.807, 2.05) is 0 Å².